The molecule has 0 fully saturated rings. The van der Waals surface area contributed by atoms with Gasteiger partial charge in [0.2, 0.25) is 0 Å². The van der Waals surface area contributed by atoms with Crippen molar-refractivity contribution < 1.29 is 20.1 Å². The normalized spacial score (nSPS) is 9.47. The quantitative estimate of drug-likeness (QED) is 0.179. The Kier molecular flexibility index (Phi) is 11.6. The SMILES string of the molecule is [CH2-]c1ccccc1-c1ccccn1.[Ir+3].[c-]1ccccc1-c1ccccn1.[c-]1ccccc1-c1ccccn1. The molecule has 0 bridgehead atoms. The van der Waals surface area contributed by atoms with Crippen LogP contribution in [0.3, 0.4) is 0 Å². The molecule has 38 heavy (non-hydrogen) atoms. The smallest absolute Gasteiger partial charge is 0.305 e. The van der Waals surface area contributed by atoms with Gasteiger partial charge in [-0.2, -0.15) is 18.6 Å². The van der Waals surface area contributed by atoms with Gasteiger partial charge in [-0.15, -0.1) is 89.5 Å². The first-order valence-corrected chi connectivity index (χ1v) is 11.9. The van der Waals surface area contributed by atoms with E-state index in [-0.39, 0.29) is 20.1 Å². The van der Waals surface area contributed by atoms with E-state index in [1.165, 1.54) is 0 Å². The van der Waals surface area contributed by atoms with Gasteiger partial charge in [-0.05, 0) is 35.7 Å². The Morgan fingerprint density at radius 1 is 0.447 bits per heavy atom. The fourth-order valence-electron chi connectivity index (χ4n) is 3.44. The first-order valence-electron chi connectivity index (χ1n) is 11.9. The summed E-state index contributed by atoms with van der Waals surface area (Å²) in [6.45, 7) is 3.96. The molecule has 3 aromatic heterocycles. The van der Waals surface area contributed by atoms with Crippen LogP contribution in [0.15, 0.2) is 146 Å². The second-order valence-corrected chi connectivity index (χ2v) is 7.85. The standard InChI is InChI=1S/C12H10N.2C11H8N.Ir/c1-10-6-2-3-7-11(10)12-8-4-5-9-13-12;2*1-2-6-10(7-3-1)11-8-4-5-9-12-11;/h2-9H,1H2;2*1-6,8-9H;/q3*-1;+3. The minimum Gasteiger partial charge on any atom is -0.305 e. The molecule has 0 aliphatic heterocycles. The molecule has 0 saturated carbocycles. The van der Waals surface area contributed by atoms with Crippen LogP contribution in [0.4, 0.5) is 0 Å². The molecule has 6 rings (SSSR count). The molecule has 3 aromatic carbocycles. The minimum atomic E-state index is 0. The molecule has 3 nitrogen and oxygen atoms in total. The second-order valence-electron chi connectivity index (χ2n) is 7.85. The summed E-state index contributed by atoms with van der Waals surface area (Å²) >= 11 is 0. The zero-order valence-corrected chi connectivity index (χ0v) is 23.1. The van der Waals surface area contributed by atoms with E-state index < -0.39 is 0 Å². The van der Waals surface area contributed by atoms with Crippen LogP contribution in [-0.4, -0.2) is 15.0 Å². The van der Waals surface area contributed by atoms with E-state index in [0.29, 0.717) is 0 Å². The van der Waals surface area contributed by atoms with Gasteiger partial charge in [-0.1, -0.05) is 36.4 Å². The van der Waals surface area contributed by atoms with Crippen molar-refractivity contribution in [3.8, 4) is 33.8 Å². The third-order valence-electron chi connectivity index (χ3n) is 5.26. The Balaban J connectivity index is 0.000000156. The predicted molar refractivity (Wildman–Crippen MR) is 151 cm³/mol. The summed E-state index contributed by atoms with van der Waals surface area (Å²) in [6, 6.07) is 47.5. The van der Waals surface area contributed by atoms with Crippen molar-refractivity contribution in [1.29, 1.82) is 0 Å². The van der Waals surface area contributed by atoms with Gasteiger partial charge in [0.25, 0.3) is 0 Å². The van der Waals surface area contributed by atoms with Gasteiger partial charge in [0.1, 0.15) is 0 Å². The van der Waals surface area contributed by atoms with E-state index in [9.17, 15) is 0 Å². The maximum atomic E-state index is 4.27. The average molecular weight is 669 g/mol. The topological polar surface area (TPSA) is 38.7 Å². The molecular weight excluding hydrogens is 643 g/mol. The summed E-state index contributed by atoms with van der Waals surface area (Å²) < 4.78 is 0. The molecule has 3 heterocycles. The molecule has 0 radical (unpaired) electrons. The molecule has 0 saturated heterocycles. The van der Waals surface area contributed by atoms with Crippen LogP contribution in [0, 0.1) is 19.1 Å². The van der Waals surface area contributed by atoms with Crippen molar-refractivity contribution in [2.45, 2.75) is 0 Å². The Morgan fingerprint density at radius 3 is 1.26 bits per heavy atom. The zero-order chi connectivity index (χ0) is 25.5. The molecule has 0 atom stereocenters. The molecule has 186 valence electrons. The molecule has 0 aliphatic carbocycles. The van der Waals surface area contributed by atoms with Crippen LogP contribution in [0.2, 0.25) is 0 Å². The van der Waals surface area contributed by atoms with E-state index >= 15 is 0 Å². The first kappa shape index (κ1) is 28.2. The predicted octanol–water partition coefficient (Wildman–Crippen LogP) is 8.03. The van der Waals surface area contributed by atoms with Crippen LogP contribution in [0.25, 0.3) is 33.8 Å². The first-order chi connectivity index (χ1) is 18.3. The Labute approximate surface area is 238 Å². The molecular formula is C34H26IrN3. The van der Waals surface area contributed by atoms with Crippen LogP contribution in [0.1, 0.15) is 5.56 Å². The van der Waals surface area contributed by atoms with Gasteiger partial charge in [0.15, 0.2) is 0 Å². The number of aromatic nitrogens is 3. The third-order valence-corrected chi connectivity index (χ3v) is 5.26. The molecule has 4 heteroatoms. The molecule has 6 aromatic rings. The molecule has 0 spiro atoms. The second kappa shape index (κ2) is 15.7. The number of hydrogen-bond donors (Lipinski definition) is 0. The monoisotopic (exact) mass is 669 g/mol. The summed E-state index contributed by atoms with van der Waals surface area (Å²) in [6.07, 6.45) is 5.37. The molecule has 0 amide bonds. The van der Waals surface area contributed by atoms with E-state index in [0.717, 1.165) is 39.3 Å². The molecule has 0 unspecified atom stereocenters. The van der Waals surface area contributed by atoms with Gasteiger partial charge >= 0.3 is 20.1 Å². The van der Waals surface area contributed by atoms with Crippen LogP contribution < -0.4 is 0 Å². The number of rotatable bonds is 3. The fourth-order valence-corrected chi connectivity index (χ4v) is 3.44. The number of nitrogens with zero attached hydrogens (tertiary/aromatic N) is 3. The van der Waals surface area contributed by atoms with Crippen LogP contribution in [0.5, 0.6) is 0 Å². The minimum absolute atomic E-state index is 0. The number of benzene rings is 3. The van der Waals surface area contributed by atoms with Gasteiger partial charge in [-0.3, -0.25) is 4.98 Å². The summed E-state index contributed by atoms with van der Waals surface area (Å²) in [7, 11) is 0. The maximum Gasteiger partial charge on any atom is 3.00 e. The van der Waals surface area contributed by atoms with E-state index in [1.54, 1.807) is 18.6 Å². The summed E-state index contributed by atoms with van der Waals surface area (Å²) in [5.74, 6) is 0. The fraction of sp³-hybridized carbons (Fsp3) is 0. The van der Waals surface area contributed by atoms with Gasteiger partial charge in [-0.25, -0.2) is 0 Å². The van der Waals surface area contributed by atoms with Gasteiger partial charge in [0, 0.05) is 24.3 Å². The Hall–Kier alpha value is -4.37. The Bertz CT molecular complexity index is 1300. The third kappa shape index (κ3) is 8.63. The van der Waals surface area contributed by atoms with Crippen molar-refractivity contribution in [3.63, 3.8) is 0 Å². The number of pyridine rings is 3. The summed E-state index contributed by atoms with van der Waals surface area (Å²) in [5.41, 5.74) is 7.12. The number of hydrogen-bond acceptors (Lipinski definition) is 3. The van der Waals surface area contributed by atoms with Gasteiger partial charge in [0.05, 0.1) is 0 Å². The van der Waals surface area contributed by atoms with Crippen molar-refractivity contribution in [3.05, 3.63) is 171 Å². The maximum absolute atomic E-state index is 4.27. The van der Waals surface area contributed by atoms with E-state index in [4.69, 9.17) is 0 Å². The molecule has 0 N–H and O–H groups in total. The van der Waals surface area contributed by atoms with Crippen molar-refractivity contribution in [1.82, 2.24) is 15.0 Å². The molecule has 0 aliphatic rings. The van der Waals surface area contributed by atoms with Crippen molar-refractivity contribution in [2.24, 2.45) is 0 Å². The van der Waals surface area contributed by atoms with Crippen molar-refractivity contribution in [2.75, 3.05) is 0 Å². The van der Waals surface area contributed by atoms with Crippen LogP contribution in [-0.2, 0) is 20.1 Å². The average Bonchev–Trinajstić information content (AvgIpc) is 3.00. The van der Waals surface area contributed by atoms with E-state index in [2.05, 4.69) is 34.0 Å². The Morgan fingerprint density at radius 2 is 0.868 bits per heavy atom. The van der Waals surface area contributed by atoms with Crippen LogP contribution >= 0.6 is 0 Å². The van der Waals surface area contributed by atoms with Gasteiger partial charge < -0.3 is 9.97 Å². The largest absolute Gasteiger partial charge is 3.00 e. The van der Waals surface area contributed by atoms with Crippen molar-refractivity contribution >= 4 is 0 Å². The zero-order valence-electron chi connectivity index (χ0n) is 20.7. The van der Waals surface area contributed by atoms with E-state index in [1.807, 2.05) is 127 Å². The summed E-state index contributed by atoms with van der Waals surface area (Å²) in [4.78, 5) is 12.7. The summed E-state index contributed by atoms with van der Waals surface area (Å²) in [5, 5.41) is 0.